The minimum absolute atomic E-state index is 0.00300. The van der Waals surface area contributed by atoms with Crippen LogP contribution in [0.3, 0.4) is 0 Å². The lowest BCUT2D eigenvalue weighted by molar-refractivity contribution is -0.384. The Hall–Kier alpha value is -2.80. The maximum absolute atomic E-state index is 12.3. The molecule has 6 nitrogen and oxygen atoms in total. The second-order valence-corrected chi connectivity index (χ2v) is 5.95. The number of hydrogen-bond acceptors (Lipinski definition) is 4. The van der Waals surface area contributed by atoms with E-state index in [1.165, 1.54) is 12.1 Å². The van der Waals surface area contributed by atoms with Crippen molar-refractivity contribution in [3.05, 3.63) is 68.8 Å². The molecular weight excluding hydrogens is 326 g/mol. The van der Waals surface area contributed by atoms with Gasteiger partial charge in [0.1, 0.15) is 0 Å². The molecule has 0 unspecified atom stereocenters. The minimum Gasteiger partial charge on any atom is -0.332 e. The van der Waals surface area contributed by atoms with E-state index in [1.807, 2.05) is 19.9 Å². The molecule has 0 atom stereocenters. The summed E-state index contributed by atoms with van der Waals surface area (Å²) in [6, 6.07) is 9.92. The standard InChI is InChI=1S/C17H17N3O3S/c1-10-6-11(2)8-13(7-10)16(21)19-17(24)18-15-5-4-14(20(22)23)9-12(15)3/h4-9H,1-3H3,(H2,18,19,21,24). The Balaban J connectivity index is 2.08. The second kappa shape index (κ2) is 7.18. The van der Waals surface area contributed by atoms with Gasteiger partial charge in [0.15, 0.2) is 5.11 Å². The Bertz CT molecular complexity index is 814. The van der Waals surface area contributed by atoms with Gasteiger partial charge < -0.3 is 5.32 Å². The number of rotatable bonds is 3. The normalized spacial score (nSPS) is 10.1. The molecule has 0 spiro atoms. The average molecular weight is 343 g/mol. The highest BCUT2D eigenvalue weighted by atomic mass is 32.1. The van der Waals surface area contributed by atoms with E-state index < -0.39 is 4.92 Å². The highest BCUT2D eigenvalue weighted by Crippen LogP contribution is 2.21. The first kappa shape index (κ1) is 17.6. The van der Waals surface area contributed by atoms with Gasteiger partial charge in [-0.2, -0.15) is 0 Å². The predicted molar refractivity (Wildman–Crippen MR) is 97.4 cm³/mol. The number of amides is 1. The molecule has 2 aromatic carbocycles. The summed E-state index contributed by atoms with van der Waals surface area (Å²) in [7, 11) is 0. The average Bonchev–Trinajstić information content (AvgIpc) is 2.48. The van der Waals surface area contributed by atoms with Crippen molar-refractivity contribution in [1.82, 2.24) is 5.32 Å². The third kappa shape index (κ3) is 4.36. The van der Waals surface area contributed by atoms with Gasteiger partial charge in [-0.3, -0.25) is 20.2 Å². The largest absolute Gasteiger partial charge is 0.332 e. The van der Waals surface area contributed by atoms with Gasteiger partial charge in [-0.1, -0.05) is 17.2 Å². The fourth-order valence-corrected chi connectivity index (χ4v) is 2.54. The summed E-state index contributed by atoms with van der Waals surface area (Å²) in [5, 5.41) is 16.4. The maximum Gasteiger partial charge on any atom is 0.269 e. The summed E-state index contributed by atoms with van der Waals surface area (Å²) < 4.78 is 0. The van der Waals surface area contributed by atoms with Crippen molar-refractivity contribution >= 4 is 34.6 Å². The lowest BCUT2D eigenvalue weighted by atomic mass is 10.1. The van der Waals surface area contributed by atoms with Gasteiger partial charge in [0.25, 0.3) is 11.6 Å². The van der Waals surface area contributed by atoms with Crippen LogP contribution in [0.5, 0.6) is 0 Å². The number of nitro groups is 1. The molecule has 0 aromatic heterocycles. The third-order valence-corrected chi connectivity index (χ3v) is 3.58. The molecule has 1 amide bonds. The number of carbonyl (C=O) groups excluding carboxylic acids is 1. The van der Waals surface area contributed by atoms with Crippen molar-refractivity contribution < 1.29 is 9.72 Å². The lowest BCUT2D eigenvalue weighted by Gasteiger charge is -2.12. The third-order valence-electron chi connectivity index (χ3n) is 3.38. The number of anilines is 1. The Morgan fingerprint density at radius 3 is 2.25 bits per heavy atom. The molecule has 124 valence electrons. The van der Waals surface area contributed by atoms with Crippen LogP contribution in [0.1, 0.15) is 27.0 Å². The van der Waals surface area contributed by atoms with E-state index in [9.17, 15) is 14.9 Å². The molecule has 7 heteroatoms. The molecule has 2 rings (SSSR count). The molecule has 0 aliphatic heterocycles. The SMILES string of the molecule is Cc1cc(C)cc(C(=O)NC(=S)Nc2ccc([N+](=O)[O-])cc2C)c1. The zero-order valence-electron chi connectivity index (χ0n) is 13.5. The van der Waals surface area contributed by atoms with Gasteiger partial charge in [-0.05, 0) is 56.8 Å². The Kier molecular flexibility index (Phi) is 5.25. The van der Waals surface area contributed by atoms with Crippen molar-refractivity contribution in [2.45, 2.75) is 20.8 Å². The summed E-state index contributed by atoms with van der Waals surface area (Å²) in [6.45, 7) is 5.56. The van der Waals surface area contributed by atoms with E-state index in [-0.39, 0.29) is 16.7 Å². The smallest absolute Gasteiger partial charge is 0.269 e. The van der Waals surface area contributed by atoms with Gasteiger partial charge in [0.05, 0.1) is 4.92 Å². The molecule has 0 heterocycles. The number of nitrogens with one attached hydrogen (secondary N) is 2. The summed E-state index contributed by atoms with van der Waals surface area (Å²) in [5.41, 5.74) is 3.77. The fraction of sp³-hybridized carbons (Fsp3) is 0.176. The molecular formula is C17H17N3O3S. The van der Waals surface area contributed by atoms with Crippen LogP contribution >= 0.6 is 12.2 Å². The van der Waals surface area contributed by atoms with Crippen molar-refractivity contribution in [3.63, 3.8) is 0 Å². The minimum atomic E-state index is -0.461. The Morgan fingerprint density at radius 1 is 1.08 bits per heavy atom. The molecule has 0 saturated heterocycles. The first-order valence-electron chi connectivity index (χ1n) is 7.22. The van der Waals surface area contributed by atoms with Gasteiger partial charge in [0.2, 0.25) is 0 Å². The van der Waals surface area contributed by atoms with Crippen LogP contribution in [0.15, 0.2) is 36.4 Å². The van der Waals surface area contributed by atoms with Crippen molar-refractivity contribution in [1.29, 1.82) is 0 Å². The van der Waals surface area contributed by atoms with E-state index in [2.05, 4.69) is 10.6 Å². The van der Waals surface area contributed by atoms with Crippen LogP contribution < -0.4 is 10.6 Å². The van der Waals surface area contributed by atoms with Crippen LogP contribution in [-0.2, 0) is 0 Å². The molecule has 2 aromatic rings. The van der Waals surface area contributed by atoms with E-state index in [0.29, 0.717) is 16.8 Å². The van der Waals surface area contributed by atoms with Crippen molar-refractivity contribution in [2.75, 3.05) is 5.32 Å². The van der Waals surface area contributed by atoms with Gasteiger partial charge >= 0.3 is 0 Å². The summed E-state index contributed by atoms with van der Waals surface area (Å²) in [4.78, 5) is 22.5. The lowest BCUT2D eigenvalue weighted by Crippen LogP contribution is -2.34. The number of non-ortho nitro benzene ring substituents is 1. The number of aryl methyl sites for hydroxylation is 3. The highest BCUT2D eigenvalue weighted by molar-refractivity contribution is 7.80. The van der Waals surface area contributed by atoms with Crippen LogP contribution in [0.25, 0.3) is 0 Å². The molecule has 0 aliphatic rings. The number of nitro benzene ring substituents is 1. The molecule has 0 aliphatic carbocycles. The zero-order valence-corrected chi connectivity index (χ0v) is 14.4. The van der Waals surface area contributed by atoms with Gasteiger partial charge in [-0.25, -0.2) is 0 Å². The van der Waals surface area contributed by atoms with Crippen LogP contribution in [0.4, 0.5) is 11.4 Å². The topological polar surface area (TPSA) is 84.3 Å². The molecule has 0 saturated carbocycles. The maximum atomic E-state index is 12.3. The number of thiocarbonyl (C=S) groups is 1. The monoisotopic (exact) mass is 343 g/mol. The van der Waals surface area contributed by atoms with E-state index in [0.717, 1.165) is 11.1 Å². The number of carbonyl (C=O) groups is 1. The van der Waals surface area contributed by atoms with Crippen LogP contribution in [-0.4, -0.2) is 15.9 Å². The molecule has 24 heavy (non-hydrogen) atoms. The number of nitrogens with zero attached hydrogens (tertiary/aromatic N) is 1. The Morgan fingerprint density at radius 2 is 1.71 bits per heavy atom. The molecule has 0 bridgehead atoms. The van der Waals surface area contributed by atoms with Crippen LogP contribution in [0.2, 0.25) is 0 Å². The van der Waals surface area contributed by atoms with Crippen molar-refractivity contribution in [2.24, 2.45) is 0 Å². The first-order chi connectivity index (χ1) is 11.3. The van der Waals surface area contributed by atoms with Gasteiger partial charge in [-0.15, -0.1) is 0 Å². The highest BCUT2D eigenvalue weighted by Gasteiger charge is 2.12. The molecule has 0 radical (unpaired) electrons. The van der Waals surface area contributed by atoms with Gasteiger partial charge in [0, 0.05) is 23.4 Å². The summed E-state index contributed by atoms with van der Waals surface area (Å²) >= 11 is 5.15. The first-order valence-corrected chi connectivity index (χ1v) is 7.63. The second-order valence-electron chi connectivity index (χ2n) is 5.54. The Labute approximate surface area is 145 Å². The predicted octanol–water partition coefficient (Wildman–Crippen LogP) is 3.65. The summed E-state index contributed by atoms with van der Waals surface area (Å²) in [6.07, 6.45) is 0. The molecule has 0 fully saturated rings. The van der Waals surface area contributed by atoms with E-state index in [4.69, 9.17) is 12.2 Å². The molecule has 2 N–H and O–H groups in total. The van der Waals surface area contributed by atoms with Crippen molar-refractivity contribution in [3.8, 4) is 0 Å². The zero-order chi connectivity index (χ0) is 17.9. The summed E-state index contributed by atoms with van der Waals surface area (Å²) in [5.74, 6) is -0.307. The number of benzene rings is 2. The number of hydrogen-bond donors (Lipinski definition) is 2. The van der Waals surface area contributed by atoms with E-state index in [1.54, 1.807) is 25.1 Å². The van der Waals surface area contributed by atoms with Crippen LogP contribution in [0, 0.1) is 30.9 Å². The van der Waals surface area contributed by atoms with E-state index >= 15 is 0 Å². The quantitative estimate of drug-likeness (QED) is 0.505. The fourth-order valence-electron chi connectivity index (χ4n) is 2.34.